The molecule has 2 rings (SSSR count). The first-order valence-electron chi connectivity index (χ1n) is 6.40. The Kier molecular flexibility index (Phi) is 5.31. The molecule has 100 valence electrons. The third-order valence-electron chi connectivity index (χ3n) is 2.88. The van der Waals surface area contributed by atoms with Crippen molar-refractivity contribution in [2.75, 3.05) is 12.4 Å². The quantitative estimate of drug-likeness (QED) is 0.645. The highest BCUT2D eigenvalue weighted by atomic mass is 32.2. The molecule has 0 saturated carbocycles. The van der Waals surface area contributed by atoms with Crippen LogP contribution in [0.5, 0.6) is 5.75 Å². The van der Waals surface area contributed by atoms with Crippen LogP contribution in [0.25, 0.3) is 0 Å². The number of aryl methyl sites for hydroxylation is 1. The highest BCUT2D eigenvalue weighted by Gasteiger charge is 2.01. The fourth-order valence-electron chi connectivity index (χ4n) is 1.83. The van der Waals surface area contributed by atoms with Gasteiger partial charge in [-0.2, -0.15) is 0 Å². The second-order valence-electron chi connectivity index (χ2n) is 4.27. The average molecular weight is 273 g/mol. The van der Waals surface area contributed by atoms with Gasteiger partial charge in [0.25, 0.3) is 0 Å². The van der Waals surface area contributed by atoms with Gasteiger partial charge in [0.15, 0.2) is 0 Å². The highest BCUT2D eigenvalue weighted by molar-refractivity contribution is 7.99. The van der Waals surface area contributed by atoms with Gasteiger partial charge in [0, 0.05) is 22.8 Å². The smallest absolute Gasteiger partial charge is 0.123 e. The van der Waals surface area contributed by atoms with Crippen molar-refractivity contribution in [3.05, 3.63) is 59.7 Å². The van der Waals surface area contributed by atoms with E-state index < -0.39 is 0 Å². The Morgan fingerprint density at radius 2 is 1.79 bits per heavy atom. The summed E-state index contributed by atoms with van der Waals surface area (Å²) in [5.74, 6) is 1.83. The Morgan fingerprint density at radius 1 is 1.05 bits per heavy atom. The molecule has 0 aliphatic carbocycles. The summed E-state index contributed by atoms with van der Waals surface area (Å²) in [7, 11) is 0. The van der Waals surface area contributed by atoms with Crippen LogP contribution < -0.4 is 10.5 Å². The summed E-state index contributed by atoms with van der Waals surface area (Å²) < 4.78 is 5.79. The molecular weight excluding hydrogens is 254 g/mol. The predicted octanol–water partition coefficient (Wildman–Crippen LogP) is 3.62. The number of hydrogen-bond acceptors (Lipinski definition) is 3. The van der Waals surface area contributed by atoms with Crippen molar-refractivity contribution >= 4 is 11.8 Å². The van der Waals surface area contributed by atoms with Gasteiger partial charge in [0.1, 0.15) is 5.75 Å². The summed E-state index contributed by atoms with van der Waals surface area (Å²) >= 11 is 1.82. The predicted molar refractivity (Wildman–Crippen MR) is 81.7 cm³/mol. The average Bonchev–Trinajstić information content (AvgIpc) is 2.45. The van der Waals surface area contributed by atoms with Crippen LogP contribution in [0.3, 0.4) is 0 Å². The number of rotatable bonds is 6. The minimum atomic E-state index is 0.515. The molecule has 0 heterocycles. The topological polar surface area (TPSA) is 35.2 Å². The maximum Gasteiger partial charge on any atom is 0.123 e. The number of ether oxygens (including phenoxy) is 1. The van der Waals surface area contributed by atoms with Crippen molar-refractivity contribution in [2.24, 2.45) is 5.73 Å². The molecule has 0 saturated heterocycles. The molecule has 0 aromatic heterocycles. The fourth-order valence-corrected chi connectivity index (χ4v) is 2.69. The van der Waals surface area contributed by atoms with Gasteiger partial charge in [-0.25, -0.2) is 0 Å². The van der Waals surface area contributed by atoms with Crippen LogP contribution in [-0.2, 0) is 6.54 Å². The third-order valence-corrected chi connectivity index (χ3v) is 4.02. The van der Waals surface area contributed by atoms with Crippen LogP contribution in [0.2, 0.25) is 0 Å². The fraction of sp³-hybridized carbons (Fsp3) is 0.250. The molecule has 0 aliphatic rings. The number of para-hydroxylation sites is 1. The van der Waals surface area contributed by atoms with Crippen molar-refractivity contribution in [3.63, 3.8) is 0 Å². The van der Waals surface area contributed by atoms with E-state index in [1.165, 1.54) is 10.5 Å². The monoisotopic (exact) mass is 273 g/mol. The Morgan fingerprint density at radius 3 is 2.58 bits per heavy atom. The molecule has 0 radical (unpaired) electrons. The minimum Gasteiger partial charge on any atom is -0.492 e. The summed E-state index contributed by atoms with van der Waals surface area (Å²) in [6.45, 7) is 3.34. The molecule has 2 nitrogen and oxygen atoms in total. The third kappa shape index (κ3) is 4.01. The van der Waals surface area contributed by atoms with Gasteiger partial charge in [0.2, 0.25) is 0 Å². The Bertz CT molecular complexity index is 528. The molecule has 0 unspecified atom stereocenters. The van der Waals surface area contributed by atoms with Crippen LogP contribution in [0.1, 0.15) is 11.1 Å². The molecule has 0 bridgehead atoms. The van der Waals surface area contributed by atoms with Crippen LogP contribution in [-0.4, -0.2) is 12.4 Å². The number of benzene rings is 2. The normalized spacial score (nSPS) is 10.4. The molecule has 0 aliphatic heterocycles. The lowest BCUT2D eigenvalue weighted by Gasteiger charge is -2.10. The van der Waals surface area contributed by atoms with E-state index in [1.807, 2.05) is 36.0 Å². The maximum absolute atomic E-state index is 5.79. The lowest BCUT2D eigenvalue weighted by molar-refractivity contribution is 0.340. The maximum atomic E-state index is 5.79. The summed E-state index contributed by atoms with van der Waals surface area (Å²) in [5, 5.41) is 0. The van der Waals surface area contributed by atoms with Crippen molar-refractivity contribution in [1.82, 2.24) is 0 Å². The number of hydrogen-bond donors (Lipinski definition) is 1. The summed E-state index contributed by atoms with van der Waals surface area (Å²) in [6, 6.07) is 16.3. The van der Waals surface area contributed by atoms with E-state index in [2.05, 4.69) is 31.2 Å². The van der Waals surface area contributed by atoms with Gasteiger partial charge in [0.05, 0.1) is 6.61 Å². The zero-order valence-corrected chi connectivity index (χ0v) is 12.0. The molecular formula is C16H19NOS. The zero-order valence-electron chi connectivity index (χ0n) is 11.1. The second-order valence-corrected chi connectivity index (χ2v) is 5.41. The molecule has 0 amide bonds. The molecule has 0 atom stereocenters. The van der Waals surface area contributed by atoms with Gasteiger partial charge >= 0.3 is 0 Å². The van der Waals surface area contributed by atoms with Crippen molar-refractivity contribution in [1.29, 1.82) is 0 Å². The first kappa shape index (κ1) is 14.0. The summed E-state index contributed by atoms with van der Waals surface area (Å²) in [4.78, 5) is 1.32. The summed E-state index contributed by atoms with van der Waals surface area (Å²) in [5.41, 5.74) is 8.05. The van der Waals surface area contributed by atoms with Crippen LogP contribution in [0, 0.1) is 6.92 Å². The molecule has 2 aromatic rings. The SMILES string of the molecule is Cc1ccccc1SCCOc1ccccc1CN. The van der Waals surface area contributed by atoms with Gasteiger partial charge in [-0.3, -0.25) is 0 Å². The lowest BCUT2D eigenvalue weighted by Crippen LogP contribution is -2.05. The van der Waals surface area contributed by atoms with Gasteiger partial charge < -0.3 is 10.5 Å². The lowest BCUT2D eigenvalue weighted by atomic mass is 10.2. The van der Waals surface area contributed by atoms with E-state index in [1.54, 1.807) is 0 Å². The molecule has 0 spiro atoms. The van der Waals surface area contributed by atoms with E-state index >= 15 is 0 Å². The molecule has 19 heavy (non-hydrogen) atoms. The largest absolute Gasteiger partial charge is 0.492 e. The van der Waals surface area contributed by atoms with Crippen molar-refractivity contribution in [3.8, 4) is 5.75 Å². The second kappa shape index (κ2) is 7.22. The zero-order chi connectivity index (χ0) is 13.5. The minimum absolute atomic E-state index is 0.515. The van der Waals surface area contributed by atoms with Crippen molar-refractivity contribution < 1.29 is 4.74 Å². The van der Waals surface area contributed by atoms with Crippen LogP contribution in [0.15, 0.2) is 53.4 Å². The van der Waals surface area contributed by atoms with Gasteiger partial charge in [-0.05, 0) is 24.6 Å². The number of nitrogens with two attached hydrogens (primary N) is 1. The first-order chi connectivity index (χ1) is 9.31. The van der Waals surface area contributed by atoms with E-state index in [9.17, 15) is 0 Å². The van der Waals surface area contributed by atoms with E-state index in [4.69, 9.17) is 10.5 Å². The Labute approximate surface area is 119 Å². The molecule has 2 aromatic carbocycles. The van der Waals surface area contributed by atoms with Gasteiger partial charge in [-0.1, -0.05) is 36.4 Å². The molecule has 2 N–H and O–H groups in total. The van der Waals surface area contributed by atoms with Crippen LogP contribution in [0.4, 0.5) is 0 Å². The van der Waals surface area contributed by atoms with E-state index in [-0.39, 0.29) is 0 Å². The molecule has 3 heteroatoms. The Balaban J connectivity index is 1.83. The van der Waals surface area contributed by atoms with Gasteiger partial charge in [-0.15, -0.1) is 11.8 Å². The molecule has 0 fully saturated rings. The van der Waals surface area contributed by atoms with E-state index in [0.29, 0.717) is 13.2 Å². The highest BCUT2D eigenvalue weighted by Crippen LogP contribution is 2.22. The summed E-state index contributed by atoms with van der Waals surface area (Å²) in [6.07, 6.45) is 0. The van der Waals surface area contributed by atoms with E-state index in [0.717, 1.165) is 17.1 Å². The first-order valence-corrected chi connectivity index (χ1v) is 7.39. The van der Waals surface area contributed by atoms with Crippen LogP contribution >= 0.6 is 11.8 Å². The Hall–Kier alpha value is -1.45. The number of thioether (sulfide) groups is 1. The standard InChI is InChI=1S/C16H19NOS/c1-13-6-2-5-9-16(13)19-11-10-18-15-8-4-3-7-14(15)12-17/h2-9H,10-12,17H2,1H3. The van der Waals surface area contributed by atoms with Crippen molar-refractivity contribution in [2.45, 2.75) is 18.4 Å².